The molecular weight excluding hydrogens is 426 g/mol. The van der Waals surface area contributed by atoms with Crippen LogP contribution in [0.4, 0.5) is 5.69 Å². The van der Waals surface area contributed by atoms with E-state index < -0.39 is 14.9 Å². The molecule has 0 radical (unpaired) electrons. The maximum absolute atomic E-state index is 12.4. The first kappa shape index (κ1) is 18.0. The maximum atomic E-state index is 12.4. The predicted molar refractivity (Wildman–Crippen MR) is 98.6 cm³/mol. The molecule has 26 heavy (non-hydrogen) atoms. The van der Waals surface area contributed by atoms with E-state index in [1.807, 2.05) is 6.07 Å². The van der Waals surface area contributed by atoms with E-state index >= 15 is 0 Å². The number of nitrogens with zero attached hydrogens (tertiary/aromatic N) is 4. The minimum absolute atomic E-state index is 0.204. The number of non-ortho nitro benzene ring substituents is 1. The van der Waals surface area contributed by atoms with E-state index in [4.69, 9.17) is 0 Å². The molecule has 0 unspecified atom stereocenters. The van der Waals surface area contributed by atoms with Crippen molar-refractivity contribution < 1.29 is 13.3 Å². The van der Waals surface area contributed by atoms with E-state index in [1.54, 1.807) is 23.6 Å². The van der Waals surface area contributed by atoms with Crippen LogP contribution < -0.4 is 4.83 Å². The number of imidazole rings is 1. The average Bonchev–Trinajstić information content (AvgIpc) is 2.97. The monoisotopic (exact) mass is 437 g/mol. The molecule has 0 aliphatic heterocycles. The molecule has 0 spiro atoms. The summed E-state index contributed by atoms with van der Waals surface area (Å²) in [6.45, 7) is 1.55. The molecule has 0 saturated heterocycles. The minimum Gasteiger partial charge on any atom is -0.298 e. The number of hydrazone groups is 1. The lowest BCUT2D eigenvalue weighted by Crippen LogP contribution is -2.19. The zero-order valence-corrected chi connectivity index (χ0v) is 15.7. The SMILES string of the molecule is Cc1ccc([N+](=O)[O-])cc1S(=O)(=O)N/N=C/c1cnc2ccc(Br)cn12. The number of halogens is 1. The number of pyridine rings is 1. The van der Waals surface area contributed by atoms with Crippen molar-refractivity contribution in [1.29, 1.82) is 0 Å². The molecule has 11 heteroatoms. The Morgan fingerprint density at radius 2 is 2.12 bits per heavy atom. The van der Waals surface area contributed by atoms with E-state index in [0.29, 0.717) is 16.9 Å². The second kappa shape index (κ2) is 6.84. The highest BCUT2D eigenvalue weighted by atomic mass is 79.9. The Balaban J connectivity index is 1.88. The van der Waals surface area contributed by atoms with Gasteiger partial charge >= 0.3 is 0 Å². The second-order valence-electron chi connectivity index (χ2n) is 5.32. The molecule has 2 heterocycles. The minimum atomic E-state index is -4.05. The summed E-state index contributed by atoms with van der Waals surface area (Å²) in [6, 6.07) is 7.24. The van der Waals surface area contributed by atoms with Crippen LogP contribution in [0.3, 0.4) is 0 Å². The van der Waals surface area contributed by atoms with Crippen molar-refractivity contribution in [2.75, 3.05) is 0 Å². The summed E-state index contributed by atoms with van der Waals surface area (Å²) < 4.78 is 27.3. The number of aryl methyl sites for hydroxylation is 1. The molecule has 1 N–H and O–H groups in total. The van der Waals surface area contributed by atoms with Crippen molar-refractivity contribution in [3.8, 4) is 0 Å². The van der Waals surface area contributed by atoms with Gasteiger partial charge in [0.15, 0.2) is 0 Å². The van der Waals surface area contributed by atoms with E-state index in [0.717, 1.165) is 10.5 Å². The maximum Gasteiger partial charge on any atom is 0.277 e. The Kier molecular flexibility index (Phi) is 4.74. The highest BCUT2D eigenvalue weighted by molar-refractivity contribution is 9.10. The van der Waals surface area contributed by atoms with Crippen LogP contribution in [0.15, 0.2) is 57.2 Å². The molecular formula is C15H12BrN5O4S. The quantitative estimate of drug-likeness (QED) is 0.373. The van der Waals surface area contributed by atoms with Crippen LogP contribution in [0.2, 0.25) is 0 Å². The molecule has 0 fully saturated rings. The van der Waals surface area contributed by atoms with Crippen molar-refractivity contribution in [3.63, 3.8) is 0 Å². The van der Waals surface area contributed by atoms with Gasteiger partial charge < -0.3 is 0 Å². The van der Waals surface area contributed by atoms with E-state index in [2.05, 4.69) is 30.8 Å². The van der Waals surface area contributed by atoms with Gasteiger partial charge in [-0.25, -0.2) is 4.98 Å². The molecule has 0 bridgehead atoms. The summed E-state index contributed by atoms with van der Waals surface area (Å²) >= 11 is 3.35. The fraction of sp³-hybridized carbons (Fsp3) is 0.0667. The second-order valence-corrected chi connectivity index (χ2v) is 7.86. The van der Waals surface area contributed by atoms with Crippen LogP contribution in [0.5, 0.6) is 0 Å². The summed E-state index contributed by atoms with van der Waals surface area (Å²) in [5, 5.41) is 14.6. The van der Waals surface area contributed by atoms with Crippen molar-refractivity contribution in [2.24, 2.45) is 5.10 Å². The third kappa shape index (κ3) is 3.58. The number of aromatic nitrogens is 2. The standard InChI is InChI=1S/C15H12BrN5O4S/c1-10-2-4-12(21(22)23)6-14(10)26(24,25)19-18-8-13-7-17-15-5-3-11(16)9-20(13)15/h2-9,19H,1H3/b18-8+. The van der Waals surface area contributed by atoms with Crippen molar-refractivity contribution in [3.05, 3.63) is 68.6 Å². The van der Waals surface area contributed by atoms with Gasteiger partial charge in [-0.1, -0.05) is 6.07 Å². The van der Waals surface area contributed by atoms with E-state index in [-0.39, 0.29) is 10.6 Å². The summed E-state index contributed by atoms with van der Waals surface area (Å²) in [7, 11) is -4.05. The van der Waals surface area contributed by atoms with E-state index in [9.17, 15) is 18.5 Å². The Labute approximate surface area is 156 Å². The molecule has 0 atom stereocenters. The fourth-order valence-corrected chi connectivity index (χ4v) is 3.67. The first-order chi connectivity index (χ1) is 12.3. The molecule has 0 saturated carbocycles. The normalized spacial score (nSPS) is 11.9. The molecule has 1 aromatic carbocycles. The van der Waals surface area contributed by atoms with Gasteiger partial charge in [0.1, 0.15) is 5.65 Å². The third-order valence-electron chi connectivity index (χ3n) is 3.54. The van der Waals surface area contributed by atoms with Crippen LogP contribution >= 0.6 is 15.9 Å². The van der Waals surface area contributed by atoms with Crippen LogP contribution in [0, 0.1) is 17.0 Å². The number of nitro groups is 1. The number of hydrogen-bond acceptors (Lipinski definition) is 6. The molecule has 0 aliphatic carbocycles. The molecule has 3 rings (SSSR count). The first-order valence-electron chi connectivity index (χ1n) is 7.20. The van der Waals surface area contributed by atoms with Gasteiger partial charge in [0, 0.05) is 22.8 Å². The van der Waals surface area contributed by atoms with Gasteiger partial charge in [0.05, 0.1) is 27.9 Å². The number of sulfonamides is 1. The van der Waals surface area contributed by atoms with Crippen LogP contribution in [-0.2, 0) is 10.0 Å². The van der Waals surface area contributed by atoms with Crippen molar-refractivity contribution in [2.45, 2.75) is 11.8 Å². The number of fused-ring (bicyclic) bond motifs is 1. The molecule has 9 nitrogen and oxygen atoms in total. The van der Waals surface area contributed by atoms with Crippen molar-refractivity contribution in [1.82, 2.24) is 14.2 Å². The lowest BCUT2D eigenvalue weighted by atomic mass is 10.2. The van der Waals surface area contributed by atoms with Gasteiger partial charge in [-0.2, -0.15) is 18.4 Å². The smallest absolute Gasteiger partial charge is 0.277 e. The number of benzene rings is 1. The third-order valence-corrected chi connectivity index (χ3v) is 5.37. The Morgan fingerprint density at radius 3 is 2.85 bits per heavy atom. The number of nitro benzene ring substituents is 1. The van der Waals surface area contributed by atoms with Crippen molar-refractivity contribution >= 4 is 43.5 Å². The zero-order valence-electron chi connectivity index (χ0n) is 13.3. The number of hydrogen-bond donors (Lipinski definition) is 1. The summed E-state index contributed by atoms with van der Waals surface area (Å²) in [5.74, 6) is 0. The Morgan fingerprint density at radius 1 is 1.35 bits per heavy atom. The van der Waals surface area contributed by atoms with Gasteiger partial charge in [-0.15, -0.1) is 0 Å². The molecule has 134 valence electrons. The Hall–Kier alpha value is -2.79. The fourth-order valence-electron chi connectivity index (χ4n) is 2.27. The molecule has 3 aromatic rings. The Bertz CT molecular complexity index is 1140. The zero-order chi connectivity index (χ0) is 18.9. The van der Waals surface area contributed by atoms with Crippen LogP contribution in [-0.4, -0.2) is 28.9 Å². The lowest BCUT2D eigenvalue weighted by Gasteiger charge is -2.06. The van der Waals surface area contributed by atoms with Crippen LogP contribution in [0.25, 0.3) is 5.65 Å². The number of rotatable bonds is 5. The number of nitrogens with one attached hydrogen (secondary N) is 1. The highest BCUT2D eigenvalue weighted by Crippen LogP contribution is 2.21. The summed E-state index contributed by atoms with van der Waals surface area (Å²) in [4.78, 5) is 16.2. The van der Waals surface area contributed by atoms with Gasteiger partial charge in [0.2, 0.25) is 0 Å². The molecule has 0 amide bonds. The van der Waals surface area contributed by atoms with Gasteiger partial charge in [-0.3, -0.25) is 14.5 Å². The molecule has 2 aromatic heterocycles. The average molecular weight is 438 g/mol. The van der Waals surface area contributed by atoms with Gasteiger partial charge in [-0.05, 0) is 40.5 Å². The molecule has 0 aliphatic rings. The first-order valence-corrected chi connectivity index (χ1v) is 9.48. The largest absolute Gasteiger partial charge is 0.298 e. The topological polar surface area (TPSA) is 119 Å². The van der Waals surface area contributed by atoms with Gasteiger partial charge in [0.25, 0.3) is 15.7 Å². The summed E-state index contributed by atoms with van der Waals surface area (Å²) in [6.07, 6.45) is 4.61. The van der Waals surface area contributed by atoms with Crippen LogP contribution in [0.1, 0.15) is 11.3 Å². The van der Waals surface area contributed by atoms with E-state index in [1.165, 1.54) is 24.5 Å². The lowest BCUT2D eigenvalue weighted by molar-refractivity contribution is -0.385. The highest BCUT2D eigenvalue weighted by Gasteiger charge is 2.20. The predicted octanol–water partition coefficient (Wildman–Crippen LogP) is 2.63. The summed E-state index contributed by atoms with van der Waals surface area (Å²) in [5.41, 5.74) is 1.29.